The molecule has 0 unspecified atom stereocenters. The number of carboxylic acids is 1. The minimum Gasteiger partial charge on any atom is -0.478 e. The van der Waals surface area contributed by atoms with Crippen molar-refractivity contribution >= 4 is 11.7 Å². The van der Waals surface area contributed by atoms with Crippen molar-refractivity contribution in [1.82, 2.24) is 9.13 Å². The Bertz CT molecular complexity index is 842. The van der Waals surface area contributed by atoms with Gasteiger partial charge in [-0.2, -0.15) is 0 Å². The summed E-state index contributed by atoms with van der Waals surface area (Å²) in [6.07, 6.45) is 1.77. The lowest BCUT2D eigenvalue weighted by molar-refractivity contribution is -0.387. The highest BCUT2D eigenvalue weighted by molar-refractivity contribution is 5.87. The van der Waals surface area contributed by atoms with E-state index in [9.17, 15) is 24.5 Å². The Kier molecular flexibility index (Phi) is 3.44. The van der Waals surface area contributed by atoms with Crippen LogP contribution in [0.1, 0.15) is 16.1 Å². The highest BCUT2D eigenvalue weighted by Crippen LogP contribution is 2.09. The number of rotatable bonds is 4. The maximum absolute atomic E-state index is 11.9. The molecule has 0 aliphatic carbocycles. The van der Waals surface area contributed by atoms with Gasteiger partial charge >= 0.3 is 22.9 Å². The molecule has 10 heteroatoms. The Morgan fingerprint density at radius 2 is 2.14 bits per heavy atom. The first-order valence-corrected chi connectivity index (χ1v) is 5.57. The van der Waals surface area contributed by atoms with E-state index in [1.807, 2.05) is 0 Å². The summed E-state index contributed by atoms with van der Waals surface area (Å²) in [5.74, 6) is -1.21. The number of aromatic carboxylic acids is 1. The largest absolute Gasteiger partial charge is 0.478 e. The zero-order chi connectivity index (χ0) is 15.7. The van der Waals surface area contributed by atoms with Crippen LogP contribution in [0.5, 0.6) is 0 Å². The molecule has 21 heavy (non-hydrogen) atoms. The van der Waals surface area contributed by atoms with Crippen LogP contribution < -0.4 is 11.2 Å². The van der Waals surface area contributed by atoms with Gasteiger partial charge in [-0.15, -0.1) is 0 Å². The average Bonchev–Trinajstić information content (AvgIpc) is 2.87. The summed E-state index contributed by atoms with van der Waals surface area (Å²) in [7, 11) is 1.26. The standard InChI is InChI=1S/C11H9N3O7/c1-12-4-8(14(19)20)9(15)13(11(12)18)3-7-2-6(5-21-7)10(16)17/h2,4-5H,3H2,1H3,(H,16,17). The van der Waals surface area contributed by atoms with E-state index in [0.717, 1.165) is 23.1 Å². The predicted octanol–water partition coefficient (Wildman–Crippen LogP) is -0.205. The molecule has 110 valence electrons. The van der Waals surface area contributed by atoms with Gasteiger partial charge in [0.1, 0.15) is 12.0 Å². The van der Waals surface area contributed by atoms with Gasteiger partial charge in [0, 0.05) is 7.05 Å². The third-order valence-corrected chi connectivity index (χ3v) is 2.72. The topological polar surface area (TPSA) is 138 Å². The van der Waals surface area contributed by atoms with E-state index in [1.165, 1.54) is 7.05 Å². The lowest BCUT2D eigenvalue weighted by atomic mass is 10.3. The Morgan fingerprint density at radius 1 is 1.48 bits per heavy atom. The SMILES string of the molecule is Cn1cc([N+](=O)[O-])c(=O)n(Cc2cc(C(=O)O)co2)c1=O. The minimum absolute atomic E-state index is 0.0205. The van der Waals surface area contributed by atoms with Gasteiger partial charge in [0.25, 0.3) is 0 Å². The van der Waals surface area contributed by atoms with Crippen LogP contribution in [0, 0.1) is 10.1 Å². The van der Waals surface area contributed by atoms with Crippen LogP contribution in [0.15, 0.2) is 32.5 Å². The van der Waals surface area contributed by atoms with Crippen LogP contribution in [-0.4, -0.2) is 25.1 Å². The molecule has 0 saturated heterocycles. The highest BCUT2D eigenvalue weighted by Gasteiger charge is 2.20. The number of aromatic nitrogens is 2. The van der Waals surface area contributed by atoms with Crippen LogP contribution in [-0.2, 0) is 13.6 Å². The van der Waals surface area contributed by atoms with E-state index in [4.69, 9.17) is 9.52 Å². The lowest BCUT2D eigenvalue weighted by Crippen LogP contribution is -2.39. The van der Waals surface area contributed by atoms with Gasteiger partial charge in [0.05, 0.1) is 23.2 Å². The van der Waals surface area contributed by atoms with Crippen molar-refractivity contribution in [3.05, 3.63) is 60.8 Å². The molecule has 2 aromatic heterocycles. The molecular formula is C11H9N3O7. The van der Waals surface area contributed by atoms with Gasteiger partial charge < -0.3 is 9.52 Å². The molecule has 0 spiro atoms. The van der Waals surface area contributed by atoms with Crippen molar-refractivity contribution in [1.29, 1.82) is 0 Å². The second-order valence-corrected chi connectivity index (χ2v) is 4.16. The number of furan rings is 1. The number of hydrogen-bond donors (Lipinski definition) is 1. The van der Waals surface area contributed by atoms with E-state index >= 15 is 0 Å². The molecule has 0 amide bonds. The fraction of sp³-hybridized carbons (Fsp3) is 0.182. The molecule has 2 heterocycles. The number of nitro groups is 1. The van der Waals surface area contributed by atoms with Crippen LogP contribution in [0.25, 0.3) is 0 Å². The van der Waals surface area contributed by atoms with E-state index in [1.54, 1.807) is 0 Å². The summed E-state index contributed by atoms with van der Waals surface area (Å²) >= 11 is 0. The summed E-state index contributed by atoms with van der Waals surface area (Å²) in [5.41, 5.74) is -2.78. The lowest BCUT2D eigenvalue weighted by Gasteiger charge is -2.04. The first kappa shape index (κ1) is 14.2. The second-order valence-electron chi connectivity index (χ2n) is 4.16. The van der Waals surface area contributed by atoms with Crippen molar-refractivity contribution in [2.45, 2.75) is 6.54 Å². The maximum atomic E-state index is 11.9. The molecule has 2 aromatic rings. The molecule has 0 radical (unpaired) electrons. The molecule has 0 aliphatic heterocycles. The predicted molar refractivity (Wildman–Crippen MR) is 67.4 cm³/mol. The molecule has 0 atom stereocenters. The molecule has 0 aromatic carbocycles. The zero-order valence-electron chi connectivity index (χ0n) is 10.7. The number of carbonyl (C=O) groups is 1. The van der Waals surface area contributed by atoms with E-state index in [2.05, 4.69) is 0 Å². The van der Waals surface area contributed by atoms with Crippen molar-refractivity contribution in [3.63, 3.8) is 0 Å². The summed E-state index contributed by atoms with van der Waals surface area (Å²) in [5, 5.41) is 19.5. The van der Waals surface area contributed by atoms with E-state index in [-0.39, 0.29) is 11.3 Å². The maximum Gasteiger partial charge on any atom is 0.350 e. The smallest absolute Gasteiger partial charge is 0.350 e. The second kappa shape index (κ2) is 5.07. The fourth-order valence-electron chi connectivity index (χ4n) is 1.71. The third-order valence-electron chi connectivity index (χ3n) is 2.72. The molecule has 0 saturated carbocycles. The first-order valence-electron chi connectivity index (χ1n) is 5.57. The van der Waals surface area contributed by atoms with E-state index < -0.39 is 34.4 Å². The van der Waals surface area contributed by atoms with Gasteiger partial charge in [0.2, 0.25) is 0 Å². The van der Waals surface area contributed by atoms with Crippen LogP contribution in [0.4, 0.5) is 5.69 Å². The van der Waals surface area contributed by atoms with E-state index in [0.29, 0.717) is 4.57 Å². The van der Waals surface area contributed by atoms with Gasteiger partial charge in [-0.05, 0) is 6.07 Å². The molecule has 0 bridgehead atoms. The number of nitrogens with zero attached hydrogens (tertiary/aromatic N) is 3. The Labute approximate surface area is 115 Å². The van der Waals surface area contributed by atoms with Crippen molar-refractivity contribution in [2.24, 2.45) is 7.05 Å². The summed E-state index contributed by atoms with van der Waals surface area (Å²) < 4.78 is 6.41. The van der Waals surface area contributed by atoms with Gasteiger partial charge in [-0.3, -0.25) is 19.5 Å². The van der Waals surface area contributed by atoms with Gasteiger partial charge in [0.15, 0.2) is 0 Å². The third kappa shape index (κ3) is 2.59. The molecule has 2 rings (SSSR count). The van der Waals surface area contributed by atoms with Crippen LogP contribution >= 0.6 is 0 Å². The van der Waals surface area contributed by atoms with Crippen molar-refractivity contribution < 1.29 is 19.2 Å². The molecule has 0 fully saturated rings. The summed E-state index contributed by atoms with van der Waals surface area (Å²) in [6, 6.07) is 1.13. The average molecular weight is 295 g/mol. The highest BCUT2D eigenvalue weighted by atomic mass is 16.6. The molecule has 0 aliphatic rings. The first-order chi connectivity index (χ1) is 9.81. The monoisotopic (exact) mass is 295 g/mol. The van der Waals surface area contributed by atoms with Crippen molar-refractivity contribution in [3.8, 4) is 0 Å². The molecule has 10 nitrogen and oxygen atoms in total. The van der Waals surface area contributed by atoms with Crippen molar-refractivity contribution in [2.75, 3.05) is 0 Å². The Morgan fingerprint density at radius 3 is 2.67 bits per heavy atom. The summed E-state index contributed by atoms with van der Waals surface area (Å²) in [6.45, 7) is -0.402. The van der Waals surface area contributed by atoms with Crippen LogP contribution in [0.2, 0.25) is 0 Å². The number of carboxylic acid groups (broad SMARTS) is 1. The molecule has 1 N–H and O–H groups in total. The Balaban J connectivity index is 2.53. The van der Waals surface area contributed by atoms with Gasteiger partial charge in [-0.1, -0.05) is 0 Å². The normalized spacial score (nSPS) is 10.5. The van der Waals surface area contributed by atoms with Gasteiger partial charge in [-0.25, -0.2) is 14.2 Å². The molecular weight excluding hydrogens is 286 g/mol. The van der Waals surface area contributed by atoms with Crippen LogP contribution in [0.3, 0.4) is 0 Å². The Hall–Kier alpha value is -3.17. The zero-order valence-corrected chi connectivity index (χ0v) is 10.7. The number of aryl methyl sites for hydroxylation is 1. The minimum atomic E-state index is -1.23. The number of hydrogen-bond acceptors (Lipinski definition) is 6. The quantitative estimate of drug-likeness (QED) is 0.608. The fourth-order valence-corrected chi connectivity index (χ4v) is 1.71. The summed E-state index contributed by atoms with van der Waals surface area (Å²) in [4.78, 5) is 44.3.